The maximum Gasteiger partial charge on any atom is 0.410 e. The molecule has 2 aliphatic heterocycles. The number of likely N-dealkylation sites (tertiary alicyclic amines) is 1. The van der Waals surface area contributed by atoms with Gasteiger partial charge in [-0.05, 0) is 69.5 Å². The Balaban J connectivity index is 0.000000203. The molecule has 1 unspecified atom stereocenters. The van der Waals surface area contributed by atoms with Gasteiger partial charge in [0.1, 0.15) is 17.2 Å². The van der Waals surface area contributed by atoms with Gasteiger partial charge in [0.25, 0.3) is 0 Å². The molecule has 2 aromatic carbocycles. The summed E-state index contributed by atoms with van der Waals surface area (Å²) < 4.78 is 35.3. The van der Waals surface area contributed by atoms with Gasteiger partial charge in [-0.2, -0.15) is 0 Å². The maximum absolute atomic E-state index is 13.3. The van der Waals surface area contributed by atoms with Crippen molar-refractivity contribution in [3.63, 3.8) is 0 Å². The Morgan fingerprint density at radius 1 is 1.07 bits per heavy atom. The van der Waals surface area contributed by atoms with E-state index in [2.05, 4.69) is 10.3 Å². The molecule has 0 bridgehead atoms. The molecule has 1 N–H and O–H groups in total. The van der Waals surface area contributed by atoms with Crippen molar-refractivity contribution in [2.45, 2.75) is 52.1 Å². The van der Waals surface area contributed by atoms with Gasteiger partial charge in [-0.1, -0.05) is 24.3 Å². The minimum absolute atomic E-state index is 0.0644. The van der Waals surface area contributed by atoms with Crippen LogP contribution in [-0.2, 0) is 22.4 Å². The van der Waals surface area contributed by atoms with Gasteiger partial charge in [0.2, 0.25) is 12.7 Å². The van der Waals surface area contributed by atoms with Gasteiger partial charge >= 0.3 is 6.09 Å². The Morgan fingerprint density at radius 2 is 1.86 bits per heavy atom. The smallest absolute Gasteiger partial charge is 0.410 e. The summed E-state index contributed by atoms with van der Waals surface area (Å²) in [4.78, 5) is 29.8. The van der Waals surface area contributed by atoms with Gasteiger partial charge in [0.05, 0.1) is 13.0 Å². The third-order valence-electron chi connectivity index (χ3n) is 6.74. The minimum Gasteiger partial charge on any atom is -0.493 e. The van der Waals surface area contributed by atoms with Crippen molar-refractivity contribution in [1.82, 2.24) is 15.2 Å². The first kappa shape index (κ1) is 31.6. The van der Waals surface area contributed by atoms with E-state index in [1.54, 1.807) is 29.3 Å². The number of nitrogens with zero attached hydrogens (tertiary/aromatic N) is 2. The minimum atomic E-state index is -0.465. The Bertz CT molecular complexity index is 1350. The molecule has 0 radical (unpaired) electrons. The van der Waals surface area contributed by atoms with Gasteiger partial charge in [0, 0.05) is 49.9 Å². The molecule has 0 saturated carbocycles. The Hall–Kier alpha value is -4.34. The number of piperidine rings is 1. The van der Waals surface area contributed by atoms with Crippen LogP contribution in [0.5, 0.6) is 17.2 Å². The monoisotopic (exact) mass is 593 g/mol. The molecule has 43 heavy (non-hydrogen) atoms. The molecule has 1 saturated heterocycles. The number of ether oxygens (including phenoxy) is 4. The van der Waals surface area contributed by atoms with Crippen molar-refractivity contribution < 1.29 is 32.9 Å². The van der Waals surface area contributed by atoms with Gasteiger partial charge in [-0.15, -0.1) is 0 Å². The van der Waals surface area contributed by atoms with Crippen LogP contribution < -0.4 is 19.5 Å². The quantitative estimate of drug-likeness (QED) is 0.365. The van der Waals surface area contributed by atoms with Crippen molar-refractivity contribution in [2.24, 2.45) is 5.92 Å². The SMILES string of the molecule is CC(C)(C)OC(=O)N1CCCC(COc2ccc3c(c2)OCO3)C1.O=C(Cc1ccccc1F)NCCc1ccccn1. The number of hydrogen-bond donors (Lipinski definition) is 1. The van der Waals surface area contributed by atoms with Crippen LogP contribution in [0.15, 0.2) is 66.9 Å². The second kappa shape index (κ2) is 15.2. The second-order valence-electron chi connectivity index (χ2n) is 11.4. The van der Waals surface area contributed by atoms with Gasteiger partial charge in [-0.25, -0.2) is 9.18 Å². The molecule has 3 aromatic rings. The highest BCUT2D eigenvalue weighted by Gasteiger charge is 2.28. The fraction of sp³-hybridized carbons (Fsp3) is 0.424. The number of pyridine rings is 1. The van der Waals surface area contributed by atoms with Crippen LogP contribution in [0.3, 0.4) is 0 Å². The molecule has 2 aliphatic rings. The molecule has 0 spiro atoms. The molecule has 2 amide bonds. The van der Waals surface area contributed by atoms with E-state index in [9.17, 15) is 14.0 Å². The molecule has 9 nitrogen and oxygen atoms in total. The fourth-order valence-electron chi connectivity index (χ4n) is 4.63. The largest absolute Gasteiger partial charge is 0.493 e. The molecule has 5 rings (SSSR count). The summed E-state index contributed by atoms with van der Waals surface area (Å²) in [7, 11) is 0. The van der Waals surface area contributed by atoms with Crippen LogP contribution in [0.1, 0.15) is 44.9 Å². The van der Waals surface area contributed by atoms with Crippen LogP contribution in [-0.4, -0.2) is 60.5 Å². The highest BCUT2D eigenvalue weighted by Crippen LogP contribution is 2.35. The topological polar surface area (TPSA) is 99.2 Å². The predicted octanol–water partition coefficient (Wildman–Crippen LogP) is 5.56. The zero-order valence-electron chi connectivity index (χ0n) is 25.0. The molecular formula is C33H40FN3O6. The number of fused-ring (bicyclic) bond motifs is 1. The zero-order chi connectivity index (χ0) is 30.7. The van der Waals surface area contributed by atoms with Crippen molar-refractivity contribution >= 4 is 12.0 Å². The summed E-state index contributed by atoms with van der Waals surface area (Å²) in [6.45, 7) is 8.39. The second-order valence-corrected chi connectivity index (χ2v) is 11.4. The fourth-order valence-corrected chi connectivity index (χ4v) is 4.63. The molecular weight excluding hydrogens is 553 g/mol. The molecule has 10 heteroatoms. The zero-order valence-corrected chi connectivity index (χ0v) is 25.0. The first-order chi connectivity index (χ1) is 20.7. The molecule has 230 valence electrons. The lowest BCUT2D eigenvalue weighted by molar-refractivity contribution is -0.120. The normalized spacial score (nSPS) is 15.6. The van der Waals surface area contributed by atoms with E-state index >= 15 is 0 Å². The Morgan fingerprint density at radius 3 is 2.63 bits per heavy atom. The standard InChI is InChI=1S/C18H25NO5.C15H15FN2O/c1-18(2,3)24-17(20)19-8-4-5-13(10-19)11-21-14-6-7-15-16(9-14)23-12-22-15;16-14-7-2-1-5-12(14)11-15(19)18-10-8-13-6-3-4-9-17-13/h6-7,9,13H,4-5,8,10-12H2,1-3H3;1-7,9H,8,10-11H2,(H,18,19). The average Bonchev–Trinajstić information content (AvgIpc) is 3.46. The first-order valence-corrected chi connectivity index (χ1v) is 14.6. The number of hydrogen-bond acceptors (Lipinski definition) is 7. The van der Waals surface area contributed by atoms with Gasteiger partial charge < -0.3 is 29.2 Å². The summed E-state index contributed by atoms with van der Waals surface area (Å²) in [6, 6.07) is 17.5. The summed E-state index contributed by atoms with van der Waals surface area (Å²) in [5.74, 6) is 2.00. The predicted molar refractivity (Wildman–Crippen MR) is 160 cm³/mol. The number of carbonyl (C=O) groups excluding carboxylic acids is 2. The lowest BCUT2D eigenvalue weighted by Crippen LogP contribution is -2.44. The number of amides is 2. The van der Waals surface area contributed by atoms with E-state index in [0.717, 1.165) is 36.6 Å². The molecule has 1 atom stereocenters. The Kier molecular flexibility index (Phi) is 11.2. The lowest BCUT2D eigenvalue weighted by atomic mass is 9.99. The van der Waals surface area contributed by atoms with E-state index in [1.165, 1.54) is 6.07 Å². The first-order valence-electron chi connectivity index (χ1n) is 14.6. The summed E-state index contributed by atoms with van der Waals surface area (Å²) in [6.07, 6.45) is 4.23. The van der Waals surface area contributed by atoms with Crippen molar-refractivity contribution in [1.29, 1.82) is 0 Å². The van der Waals surface area contributed by atoms with E-state index < -0.39 is 5.60 Å². The number of rotatable bonds is 8. The maximum atomic E-state index is 13.3. The third kappa shape index (κ3) is 10.5. The molecule has 3 heterocycles. The summed E-state index contributed by atoms with van der Waals surface area (Å²) >= 11 is 0. The number of halogens is 1. The van der Waals surface area contributed by atoms with E-state index in [4.69, 9.17) is 18.9 Å². The number of carbonyl (C=O) groups is 2. The molecule has 0 aliphatic carbocycles. The summed E-state index contributed by atoms with van der Waals surface area (Å²) in [5, 5.41) is 2.76. The van der Waals surface area contributed by atoms with Crippen LogP contribution in [0.4, 0.5) is 9.18 Å². The third-order valence-corrected chi connectivity index (χ3v) is 6.74. The lowest BCUT2D eigenvalue weighted by Gasteiger charge is -2.34. The van der Waals surface area contributed by atoms with E-state index in [0.29, 0.717) is 43.3 Å². The van der Waals surface area contributed by atoms with Crippen molar-refractivity contribution in [3.8, 4) is 17.2 Å². The van der Waals surface area contributed by atoms with Gasteiger partial charge in [0.15, 0.2) is 11.5 Å². The number of nitrogens with one attached hydrogen (secondary N) is 1. The van der Waals surface area contributed by atoms with Crippen LogP contribution in [0, 0.1) is 11.7 Å². The average molecular weight is 594 g/mol. The van der Waals surface area contributed by atoms with Crippen LogP contribution in [0.25, 0.3) is 0 Å². The van der Waals surface area contributed by atoms with Crippen molar-refractivity contribution in [2.75, 3.05) is 33.0 Å². The highest BCUT2D eigenvalue weighted by atomic mass is 19.1. The van der Waals surface area contributed by atoms with Gasteiger partial charge in [-0.3, -0.25) is 9.78 Å². The van der Waals surface area contributed by atoms with Crippen molar-refractivity contribution in [3.05, 3.63) is 83.9 Å². The number of benzene rings is 2. The highest BCUT2D eigenvalue weighted by molar-refractivity contribution is 5.78. The van der Waals surface area contributed by atoms with E-state index in [1.807, 2.05) is 57.2 Å². The van der Waals surface area contributed by atoms with Crippen LogP contribution >= 0.6 is 0 Å². The number of aromatic nitrogens is 1. The summed E-state index contributed by atoms with van der Waals surface area (Å²) in [5.41, 5.74) is 0.874. The molecule has 1 aromatic heterocycles. The Labute approximate surface area is 252 Å². The van der Waals surface area contributed by atoms with E-state index in [-0.39, 0.29) is 31.0 Å². The molecule has 1 fully saturated rings. The van der Waals surface area contributed by atoms with Crippen LogP contribution in [0.2, 0.25) is 0 Å².